The zero-order valence-corrected chi connectivity index (χ0v) is 12.1. The maximum absolute atomic E-state index is 3.81. The van der Waals surface area contributed by atoms with Gasteiger partial charge in [-0.25, -0.2) is 0 Å². The lowest BCUT2D eigenvalue weighted by Gasteiger charge is -2.31. The van der Waals surface area contributed by atoms with Gasteiger partial charge in [0.05, 0.1) is 0 Å². The molecule has 0 bridgehead atoms. The first-order chi connectivity index (χ1) is 9.35. The van der Waals surface area contributed by atoms with Gasteiger partial charge in [-0.3, -0.25) is 0 Å². The van der Waals surface area contributed by atoms with Gasteiger partial charge in [0, 0.05) is 6.04 Å². The number of benzene rings is 1. The van der Waals surface area contributed by atoms with Crippen molar-refractivity contribution in [2.24, 2.45) is 5.92 Å². The van der Waals surface area contributed by atoms with E-state index in [1.807, 2.05) is 0 Å². The Kier molecular flexibility index (Phi) is 4.19. The zero-order chi connectivity index (χ0) is 13.1. The number of piperidine rings is 1. The molecular weight excluding hydrogens is 232 g/mol. The largest absolute Gasteiger partial charge is 0.313 e. The Morgan fingerprint density at radius 3 is 2.32 bits per heavy atom. The summed E-state index contributed by atoms with van der Waals surface area (Å²) in [7, 11) is 0. The summed E-state index contributed by atoms with van der Waals surface area (Å²) >= 11 is 0. The first kappa shape index (κ1) is 13.1. The summed E-state index contributed by atoms with van der Waals surface area (Å²) in [6.07, 6.45) is 5.20. The van der Waals surface area contributed by atoms with E-state index in [-0.39, 0.29) is 0 Å². The van der Waals surface area contributed by atoms with Gasteiger partial charge < -0.3 is 10.2 Å². The van der Waals surface area contributed by atoms with Crippen molar-refractivity contribution in [3.8, 4) is 0 Å². The van der Waals surface area contributed by atoms with E-state index < -0.39 is 0 Å². The van der Waals surface area contributed by atoms with Crippen molar-refractivity contribution in [1.29, 1.82) is 0 Å². The van der Waals surface area contributed by atoms with Crippen LogP contribution >= 0.6 is 0 Å². The summed E-state index contributed by atoms with van der Waals surface area (Å²) in [5.74, 6) is 0.895. The number of hydrogen-bond acceptors (Lipinski definition) is 2. The Morgan fingerprint density at radius 1 is 1.11 bits per heavy atom. The predicted molar refractivity (Wildman–Crippen MR) is 80.5 cm³/mol. The molecule has 1 aromatic carbocycles. The molecule has 1 saturated heterocycles. The van der Waals surface area contributed by atoms with Crippen molar-refractivity contribution >= 4 is 0 Å². The van der Waals surface area contributed by atoms with E-state index in [9.17, 15) is 0 Å². The normalized spacial score (nSPS) is 21.7. The Labute approximate surface area is 117 Å². The molecule has 1 N–H and O–H groups in total. The number of nitrogens with one attached hydrogen (secondary N) is 1. The zero-order valence-electron chi connectivity index (χ0n) is 12.1. The van der Waals surface area contributed by atoms with Crippen molar-refractivity contribution in [2.75, 3.05) is 26.2 Å². The van der Waals surface area contributed by atoms with E-state index in [4.69, 9.17) is 0 Å². The third kappa shape index (κ3) is 3.18. The van der Waals surface area contributed by atoms with Gasteiger partial charge in [0.2, 0.25) is 0 Å². The molecule has 0 saturated carbocycles. The minimum atomic E-state index is 0.682. The molecule has 0 aromatic heterocycles. The first-order valence-corrected chi connectivity index (χ1v) is 7.87. The molecule has 0 unspecified atom stereocenters. The standard InChI is InChI=1S/C17H26N2/c1-2-19-9-7-14(8-10-19)13-18-17-11-15-5-3-4-6-16(15)12-17/h3-6,14,17-18H,2,7-13H2,1H3. The summed E-state index contributed by atoms with van der Waals surface area (Å²) < 4.78 is 0. The van der Waals surface area contributed by atoms with Gasteiger partial charge in [-0.2, -0.15) is 0 Å². The molecular formula is C17H26N2. The lowest BCUT2D eigenvalue weighted by Crippen LogP contribution is -2.40. The summed E-state index contributed by atoms with van der Waals surface area (Å²) in [4.78, 5) is 2.57. The van der Waals surface area contributed by atoms with Crippen molar-refractivity contribution in [2.45, 2.75) is 38.6 Å². The molecule has 0 amide bonds. The predicted octanol–water partition coefficient (Wildman–Crippen LogP) is 2.48. The molecule has 2 nitrogen and oxygen atoms in total. The maximum Gasteiger partial charge on any atom is 0.0148 e. The van der Waals surface area contributed by atoms with Crippen molar-refractivity contribution in [3.63, 3.8) is 0 Å². The summed E-state index contributed by atoms with van der Waals surface area (Å²) in [6.45, 7) is 7.31. The van der Waals surface area contributed by atoms with Crippen LogP contribution in [-0.2, 0) is 12.8 Å². The van der Waals surface area contributed by atoms with E-state index >= 15 is 0 Å². The molecule has 1 aromatic rings. The second kappa shape index (κ2) is 6.06. The number of likely N-dealkylation sites (tertiary alicyclic amines) is 1. The highest BCUT2D eigenvalue weighted by Crippen LogP contribution is 2.22. The topological polar surface area (TPSA) is 15.3 Å². The van der Waals surface area contributed by atoms with Crippen LogP contribution in [0.2, 0.25) is 0 Å². The molecule has 2 aliphatic rings. The highest BCUT2D eigenvalue weighted by molar-refractivity contribution is 5.33. The number of fused-ring (bicyclic) bond motifs is 1. The third-order valence-corrected chi connectivity index (χ3v) is 4.90. The fourth-order valence-electron chi connectivity index (χ4n) is 3.54. The molecule has 0 atom stereocenters. The molecule has 1 aliphatic heterocycles. The van der Waals surface area contributed by atoms with Crippen LogP contribution < -0.4 is 5.32 Å². The first-order valence-electron chi connectivity index (χ1n) is 7.87. The molecule has 3 rings (SSSR count). The number of nitrogens with zero attached hydrogens (tertiary/aromatic N) is 1. The van der Waals surface area contributed by atoms with E-state index in [1.54, 1.807) is 11.1 Å². The molecule has 2 heteroatoms. The lowest BCUT2D eigenvalue weighted by atomic mass is 9.96. The van der Waals surface area contributed by atoms with Gasteiger partial charge in [0.15, 0.2) is 0 Å². The van der Waals surface area contributed by atoms with E-state index in [2.05, 4.69) is 41.4 Å². The van der Waals surface area contributed by atoms with Gasteiger partial charge >= 0.3 is 0 Å². The fourth-order valence-corrected chi connectivity index (χ4v) is 3.54. The van der Waals surface area contributed by atoms with Gasteiger partial charge in [0.25, 0.3) is 0 Å². The monoisotopic (exact) mass is 258 g/mol. The maximum atomic E-state index is 3.81. The molecule has 0 radical (unpaired) electrons. The van der Waals surface area contributed by atoms with Crippen LogP contribution in [0.4, 0.5) is 0 Å². The smallest absolute Gasteiger partial charge is 0.0148 e. The van der Waals surface area contributed by atoms with Crippen LogP contribution in [0.1, 0.15) is 30.9 Å². The van der Waals surface area contributed by atoms with E-state index in [0.717, 1.165) is 5.92 Å². The minimum absolute atomic E-state index is 0.682. The molecule has 104 valence electrons. The minimum Gasteiger partial charge on any atom is -0.313 e. The second-order valence-corrected chi connectivity index (χ2v) is 6.16. The summed E-state index contributed by atoms with van der Waals surface area (Å²) in [5.41, 5.74) is 3.11. The SMILES string of the molecule is CCN1CCC(CNC2Cc3ccccc3C2)CC1. The Balaban J connectivity index is 1.43. The Bertz CT molecular complexity index is 382. The molecule has 1 aliphatic carbocycles. The third-order valence-electron chi connectivity index (χ3n) is 4.90. The van der Waals surface area contributed by atoms with Crippen LogP contribution in [0, 0.1) is 5.92 Å². The average Bonchev–Trinajstić information content (AvgIpc) is 2.88. The fraction of sp³-hybridized carbons (Fsp3) is 0.647. The van der Waals surface area contributed by atoms with Gasteiger partial charge in [-0.15, -0.1) is 0 Å². The summed E-state index contributed by atoms with van der Waals surface area (Å²) in [5, 5.41) is 3.81. The van der Waals surface area contributed by atoms with E-state index in [1.165, 1.54) is 51.9 Å². The Morgan fingerprint density at radius 2 is 1.74 bits per heavy atom. The number of rotatable bonds is 4. The molecule has 0 spiro atoms. The van der Waals surface area contributed by atoms with Gasteiger partial charge in [-0.1, -0.05) is 31.2 Å². The van der Waals surface area contributed by atoms with Crippen molar-refractivity contribution in [3.05, 3.63) is 35.4 Å². The molecule has 1 fully saturated rings. The van der Waals surface area contributed by atoms with Crippen molar-refractivity contribution in [1.82, 2.24) is 10.2 Å². The van der Waals surface area contributed by atoms with Crippen LogP contribution in [0.15, 0.2) is 24.3 Å². The van der Waals surface area contributed by atoms with Gasteiger partial charge in [0.1, 0.15) is 0 Å². The molecule has 19 heavy (non-hydrogen) atoms. The highest BCUT2D eigenvalue weighted by atomic mass is 15.1. The van der Waals surface area contributed by atoms with Crippen LogP contribution in [-0.4, -0.2) is 37.1 Å². The van der Waals surface area contributed by atoms with E-state index in [0.29, 0.717) is 6.04 Å². The number of hydrogen-bond donors (Lipinski definition) is 1. The highest BCUT2D eigenvalue weighted by Gasteiger charge is 2.23. The second-order valence-electron chi connectivity index (χ2n) is 6.16. The summed E-state index contributed by atoms with van der Waals surface area (Å²) in [6, 6.07) is 9.60. The van der Waals surface area contributed by atoms with Crippen LogP contribution in [0.3, 0.4) is 0 Å². The lowest BCUT2D eigenvalue weighted by molar-refractivity contribution is 0.188. The Hall–Kier alpha value is -0.860. The van der Waals surface area contributed by atoms with Crippen molar-refractivity contribution < 1.29 is 0 Å². The quantitative estimate of drug-likeness (QED) is 0.892. The molecule has 1 heterocycles. The van der Waals surface area contributed by atoms with Crippen LogP contribution in [0.25, 0.3) is 0 Å². The average molecular weight is 258 g/mol. The van der Waals surface area contributed by atoms with Crippen LogP contribution in [0.5, 0.6) is 0 Å². The van der Waals surface area contributed by atoms with Gasteiger partial charge in [-0.05, 0) is 68.9 Å².